The number of thiocarbonyl (C=S) groups is 1. The molecule has 156 valence electrons. The lowest BCUT2D eigenvalue weighted by molar-refractivity contribution is -0.139. The number of aliphatic carboxylic acids is 1. The maximum atomic E-state index is 12.8. The van der Waals surface area contributed by atoms with E-state index >= 15 is 0 Å². The van der Waals surface area contributed by atoms with Gasteiger partial charge in [-0.25, -0.2) is 4.79 Å². The lowest BCUT2D eigenvalue weighted by atomic mass is 10.1. The Balaban J connectivity index is 1.86. The number of benzene rings is 1. The molecule has 0 saturated carbocycles. The van der Waals surface area contributed by atoms with E-state index in [1.165, 1.54) is 17.4 Å². The van der Waals surface area contributed by atoms with Gasteiger partial charge in [-0.05, 0) is 42.7 Å². The van der Waals surface area contributed by atoms with E-state index in [1.807, 2.05) is 0 Å². The minimum absolute atomic E-state index is 0.171. The van der Waals surface area contributed by atoms with Gasteiger partial charge in [-0.2, -0.15) is 5.01 Å². The summed E-state index contributed by atoms with van der Waals surface area (Å²) in [4.78, 5) is 36.7. The van der Waals surface area contributed by atoms with E-state index < -0.39 is 24.4 Å². The van der Waals surface area contributed by atoms with Gasteiger partial charge in [0.1, 0.15) is 0 Å². The van der Waals surface area contributed by atoms with Crippen LogP contribution in [-0.2, 0) is 9.59 Å². The number of hydrogen-bond acceptors (Lipinski definition) is 8. The number of rotatable bonds is 8. The van der Waals surface area contributed by atoms with Crippen LogP contribution in [0.25, 0.3) is 6.08 Å². The molecule has 2 aromatic rings. The van der Waals surface area contributed by atoms with Gasteiger partial charge in [0.05, 0.1) is 16.4 Å². The number of nitrogens with one attached hydrogen (secondary N) is 1. The number of carboxylic acids is 1. The summed E-state index contributed by atoms with van der Waals surface area (Å²) in [6.45, 7) is 1.57. The number of hydrogen-bond donors (Lipinski definition) is 2. The zero-order chi connectivity index (χ0) is 21.7. The summed E-state index contributed by atoms with van der Waals surface area (Å²) in [5.74, 6) is -1.52. The Morgan fingerprint density at radius 1 is 1.27 bits per heavy atom. The number of hydrazine groups is 1. The Kier molecular flexibility index (Phi) is 7.08. The van der Waals surface area contributed by atoms with Crippen molar-refractivity contribution >= 4 is 63.5 Å². The highest BCUT2D eigenvalue weighted by Gasteiger charge is 2.34. The summed E-state index contributed by atoms with van der Waals surface area (Å²) >= 11 is 7.48. The van der Waals surface area contributed by atoms with Crippen molar-refractivity contribution in [1.82, 2.24) is 10.4 Å². The average molecular weight is 465 g/mol. The van der Waals surface area contributed by atoms with E-state index in [2.05, 4.69) is 5.43 Å². The van der Waals surface area contributed by atoms with E-state index in [-0.39, 0.29) is 15.0 Å². The molecule has 0 bridgehead atoms. The molecule has 0 aliphatic carbocycles. The molecule has 0 radical (unpaired) electrons. The van der Waals surface area contributed by atoms with Gasteiger partial charge in [0.2, 0.25) is 0 Å². The molecule has 0 unspecified atom stereocenters. The minimum atomic E-state index is -1.14. The number of thioether (sulfide) groups is 1. The van der Waals surface area contributed by atoms with Crippen molar-refractivity contribution in [1.29, 1.82) is 0 Å². The number of amides is 2. The first kappa shape index (κ1) is 21.8. The van der Waals surface area contributed by atoms with Gasteiger partial charge < -0.3 is 14.6 Å². The molecule has 1 fully saturated rings. The highest BCUT2D eigenvalue weighted by Crippen LogP contribution is 2.37. The van der Waals surface area contributed by atoms with E-state index in [4.69, 9.17) is 26.8 Å². The largest absolute Gasteiger partial charge is 0.490 e. The molecule has 1 aliphatic rings. The quantitative estimate of drug-likeness (QED) is 0.453. The molecule has 3 rings (SSSR count). The fourth-order valence-electron chi connectivity index (χ4n) is 2.47. The van der Waals surface area contributed by atoms with Crippen LogP contribution in [0.15, 0.2) is 40.6 Å². The number of nitrogens with zero attached hydrogens (tertiary/aromatic N) is 1. The van der Waals surface area contributed by atoms with E-state index in [0.717, 1.165) is 16.8 Å². The molecule has 0 atom stereocenters. The van der Waals surface area contributed by atoms with Crippen LogP contribution in [0.5, 0.6) is 11.5 Å². The fourth-order valence-corrected chi connectivity index (χ4v) is 4.26. The Labute approximate surface area is 185 Å². The molecule has 11 heteroatoms. The summed E-state index contributed by atoms with van der Waals surface area (Å²) in [6, 6.07) is 8.37. The predicted octanol–water partition coefficient (Wildman–Crippen LogP) is 3.16. The average Bonchev–Trinajstić information content (AvgIpc) is 3.32. The highest BCUT2D eigenvalue weighted by molar-refractivity contribution is 8.26. The van der Waals surface area contributed by atoms with Gasteiger partial charge in [0.15, 0.2) is 22.4 Å². The van der Waals surface area contributed by atoms with Gasteiger partial charge >= 0.3 is 5.97 Å². The first-order chi connectivity index (χ1) is 14.4. The first-order valence-electron chi connectivity index (χ1n) is 8.63. The van der Waals surface area contributed by atoms with Crippen molar-refractivity contribution in [2.45, 2.75) is 6.92 Å². The number of ether oxygens (including phenoxy) is 2. The third-order valence-electron chi connectivity index (χ3n) is 3.69. The van der Waals surface area contributed by atoms with Crippen molar-refractivity contribution < 1.29 is 29.0 Å². The summed E-state index contributed by atoms with van der Waals surface area (Å²) in [5, 5.41) is 11.7. The lowest BCUT2D eigenvalue weighted by Crippen LogP contribution is -2.44. The number of carbonyl (C=O) groups is 3. The van der Waals surface area contributed by atoms with Crippen LogP contribution < -0.4 is 14.9 Å². The number of thiophene rings is 1. The molecular formula is C19H16N2O6S3. The van der Waals surface area contributed by atoms with Gasteiger partial charge in [0.25, 0.3) is 11.8 Å². The number of para-hydroxylation sites is 1. The molecule has 1 aromatic carbocycles. The summed E-state index contributed by atoms with van der Waals surface area (Å²) < 4.78 is 11.1. The zero-order valence-electron chi connectivity index (χ0n) is 15.6. The fraction of sp³-hybridized carbons (Fsp3) is 0.158. The monoisotopic (exact) mass is 464 g/mol. The van der Waals surface area contributed by atoms with Crippen molar-refractivity contribution in [3.63, 3.8) is 0 Å². The molecular weight excluding hydrogens is 448 g/mol. The van der Waals surface area contributed by atoms with Crippen LogP contribution in [0.1, 0.15) is 22.2 Å². The molecule has 30 heavy (non-hydrogen) atoms. The van der Waals surface area contributed by atoms with Crippen molar-refractivity contribution in [3.8, 4) is 11.5 Å². The summed E-state index contributed by atoms with van der Waals surface area (Å²) in [7, 11) is 0. The topological polar surface area (TPSA) is 105 Å². The van der Waals surface area contributed by atoms with Crippen LogP contribution in [0.3, 0.4) is 0 Å². The van der Waals surface area contributed by atoms with E-state index in [9.17, 15) is 14.4 Å². The van der Waals surface area contributed by atoms with Crippen LogP contribution >= 0.6 is 35.3 Å². The molecule has 2 heterocycles. The van der Waals surface area contributed by atoms with Gasteiger partial charge in [0, 0.05) is 5.56 Å². The van der Waals surface area contributed by atoms with Crippen LogP contribution in [-0.4, -0.2) is 45.4 Å². The second-order valence-electron chi connectivity index (χ2n) is 5.73. The molecule has 0 spiro atoms. The van der Waals surface area contributed by atoms with Crippen molar-refractivity contribution in [2.75, 3.05) is 13.2 Å². The molecule has 2 N–H and O–H groups in total. The third-order valence-corrected chi connectivity index (χ3v) is 5.86. The van der Waals surface area contributed by atoms with Crippen LogP contribution in [0.4, 0.5) is 0 Å². The normalized spacial score (nSPS) is 14.8. The molecule has 1 aliphatic heterocycles. The predicted molar refractivity (Wildman–Crippen MR) is 118 cm³/mol. The molecule has 1 saturated heterocycles. The second-order valence-corrected chi connectivity index (χ2v) is 8.35. The SMILES string of the molecule is CCOc1cccc(/C=C2\SC(=S)N(NC(=O)c3cccs3)C2=O)c1OCC(=O)O. The van der Waals surface area contributed by atoms with Crippen LogP contribution in [0, 0.1) is 0 Å². The highest BCUT2D eigenvalue weighted by atomic mass is 32.2. The number of carbonyl (C=O) groups excluding carboxylic acids is 2. The Morgan fingerprint density at radius 2 is 2.07 bits per heavy atom. The van der Waals surface area contributed by atoms with Gasteiger partial charge in [-0.3, -0.25) is 15.0 Å². The minimum Gasteiger partial charge on any atom is -0.490 e. The van der Waals surface area contributed by atoms with Crippen LogP contribution in [0.2, 0.25) is 0 Å². The summed E-state index contributed by atoms with van der Waals surface area (Å²) in [5.41, 5.74) is 2.95. The van der Waals surface area contributed by atoms with Crippen molar-refractivity contribution in [3.05, 3.63) is 51.1 Å². The molecule has 8 nitrogen and oxygen atoms in total. The Morgan fingerprint density at radius 3 is 2.73 bits per heavy atom. The smallest absolute Gasteiger partial charge is 0.341 e. The van der Waals surface area contributed by atoms with Crippen molar-refractivity contribution in [2.24, 2.45) is 0 Å². The first-order valence-corrected chi connectivity index (χ1v) is 10.7. The van der Waals surface area contributed by atoms with E-state index in [1.54, 1.807) is 42.6 Å². The van der Waals surface area contributed by atoms with Gasteiger partial charge in [-0.1, -0.05) is 30.0 Å². The Hall–Kier alpha value is -2.89. The van der Waals surface area contributed by atoms with E-state index in [0.29, 0.717) is 22.8 Å². The van der Waals surface area contributed by atoms with Gasteiger partial charge in [-0.15, -0.1) is 11.3 Å². The molecule has 1 aromatic heterocycles. The lowest BCUT2D eigenvalue weighted by Gasteiger charge is -2.15. The molecule has 2 amide bonds. The number of carboxylic acid groups (broad SMARTS) is 1. The maximum Gasteiger partial charge on any atom is 0.341 e. The second kappa shape index (κ2) is 9.74. The third kappa shape index (κ3) is 4.99. The summed E-state index contributed by atoms with van der Waals surface area (Å²) in [6.07, 6.45) is 1.52. The Bertz CT molecular complexity index is 1020. The standard InChI is InChI=1S/C19H16N2O6S3/c1-2-26-12-6-3-5-11(16(12)27-10-15(22)23)9-14-18(25)21(19(28)30-14)20-17(24)13-7-4-8-29-13/h3-9H,2,10H2,1H3,(H,20,24)(H,22,23)/b14-9-. The zero-order valence-corrected chi connectivity index (χ0v) is 18.1. The maximum absolute atomic E-state index is 12.8.